The molecule has 4 aliphatic carbocycles. The zero-order valence-electron chi connectivity index (χ0n) is 14.7. The molecule has 1 unspecified atom stereocenters. The number of hydrogen-bond donors (Lipinski definition) is 1. The van der Waals surface area contributed by atoms with Crippen LogP contribution >= 0.6 is 0 Å². The monoisotopic (exact) mass is 337 g/mol. The molecule has 1 aromatic carbocycles. The first-order chi connectivity index (χ1) is 12.0. The topological polar surface area (TPSA) is 49.7 Å². The fraction of sp³-hybridized carbons (Fsp3) is 0.524. The predicted molar refractivity (Wildman–Crippen MR) is 98.0 cm³/mol. The minimum atomic E-state index is -0.917. The van der Waals surface area contributed by atoms with Gasteiger partial charge in [-0.3, -0.25) is 0 Å². The number of hydrogen-bond acceptors (Lipinski definition) is 2. The van der Waals surface area contributed by atoms with Crippen LogP contribution in [-0.2, 0) is 4.79 Å². The lowest BCUT2D eigenvalue weighted by Gasteiger charge is -2.61. The molecule has 1 aliphatic heterocycles. The summed E-state index contributed by atoms with van der Waals surface area (Å²) < 4.78 is 0.541. The number of aliphatic carboxylic acids is 1. The van der Waals surface area contributed by atoms with Gasteiger partial charge in [0.1, 0.15) is 17.4 Å². The summed E-state index contributed by atoms with van der Waals surface area (Å²) in [6.07, 6.45) is 9.66. The molecular weight excluding hydrogens is 312 g/mol. The Balaban J connectivity index is 1.73. The van der Waals surface area contributed by atoms with Gasteiger partial charge in [-0.15, -0.1) is 0 Å². The molecule has 0 spiro atoms. The third-order valence-corrected chi connectivity index (χ3v) is 7.25. The standard InChI is InChI=1S/C21H24N2O2/c1-14-22-19(20(24)25)13-23(14,18-5-3-2-4-6-18)21-10-15-7-16(11-21)9-17(8-15)12-21/h2-6,13,15-17H,7-12H2,1H3/p+1. The van der Waals surface area contributed by atoms with E-state index in [9.17, 15) is 9.90 Å². The van der Waals surface area contributed by atoms with E-state index >= 15 is 0 Å². The summed E-state index contributed by atoms with van der Waals surface area (Å²) in [6.45, 7) is 2.03. The maximum Gasteiger partial charge on any atom is 0.360 e. The van der Waals surface area contributed by atoms with Gasteiger partial charge in [0.25, 0.3) is 0 Å². The van der Waals surface area contributed by atoms with Crippen LogP contribution in [0.4, 0.5) is 5.69 Å². The fourth-order valence-corrected chi connectivity index (χ4v) is 6.84. The van der Waals surface area contributed by atoms with Gasteiger partial charge in [-0.1, -0.05) is 18.2 Å². The molecule has 1 heterocycles. The molecule has 0 saturated heterocycles. The van der Waals surface area contributed by atoms with Crippen LogP contribution in [0.25, 0.3) is 0 Å². The van der Waals surface area contributed by atoms with Crippen LogP contribution < -0.4 is 4.48 Å². The number of carboxylic acid groups (broad SMARTS) is 1. The average Bonchev–Trinajstić information content (AvgIpc) is 2.94. The molecule has 5 aliphatic rings. The van der Waals surface area contributed by atoms with E-state index in [1.165, 1.54) is 44.2 Å². The highest BCUT2D eigenvalue weighted by Crippen LogP contribution is 2.61. The Morgan fingerprint density at radius 3 is 2.12 bits per heavy atom. The van der Waals surface area contributed by atoms with Crippen molar-refractivity contribution >= 4 is 17.5 Å². The van der Waals surface area contributed by atoms with Gasteiger partial charge in [0.05, 0.1) is 0 Å². The van der Waals surface area contributed by atoms with Crippen molar-refractivity contribution < 1.29 is 9.90 Å². The number of aliphatic imine (C=N–C) groups is 1. The van der Waals surface area contributed by atoms with Gasteiger partial charge >= 0.3 is 5.97 Å². The molecule has 0 amide bonds. The molecular formula is C21H25N2O2+. The largest absolute Gasteiger partial charge is 0.476 e. The summed E-state index contributed by atoms with van der Waals surface area (Å²) in [5.41, 5.74) is 1.46. The predicted octanol–water partition coefficient (Wildman–Crippen LogP) is 4.32. The Labute approximate surface area is 148 Å². The Kier molecular flexibility index (Phi) is 3.09. The van der Waals surface area contributed by atoms with Crippen molar-refractivity contribution in [1.82, 2.24) is 4.48 Å². The van der Waals surface area contributed by atoms with E-state index in [1.807, 2.05) is 19.2 Å². The van der Waals surface area contributed by atoms with Gasteiger partial charge in [0, 0.05) is 38.3 Å². The quantitative estimate of drug-likeness (QED) is 0.835. The van der Waals surface area contributed by atoms with Crippen molar-refractivity contribution in [2.45, 2.75) is 51.0 Å². The first kappa shape index (κ1) is 15.3. The SMILES string of the molecule is CC1=NC(C(=O)O)=C[N+]1(c1ccccc1)C12CC3CC(CC(C3)C1)C2. The minimum Gasteiger partial charge on any atom is -0.476 e. The summed E-state index contributed by atoms with van der Waals surface area (Å²) in [5.74, 6) is 2.42. The van der Waals surface area contributed by atoms with E-state index in [0.717, 1.165) is 23.6 Å². The molecule has 4 fully saturated rings. The summed E-state index contributed by atoms with van der Waals surface area (Å²) in [5, 5.41) is 9.61. The van der Waals surface area contributed by atoms with E-state index in [-0.39, 0.29) is 11.2 Å². The summed E-state index contributed by atoms with van der Waals surface area (Å²) in [7, 11) is 0. The van der Waals surface area contributed by atoms with Crippen molar-refractivity contribution in [3.63, 3.8) is 0 Å². The Hall–Kier alpha value is -1.94. The highest BCUT2D eigenvalue weighted by Gasteiger charge is 2.64. The zero-order valence-corrected chi connectivity index (χ0v) is 14.7. The maximum atomic E-state index is 11.7. The maximum absolute atomic E-state index is 11.7. The first-order valence-electron chi connectivity index (χ1n) is 9.49. The molecule has 1 aromatic rings. The molecule has 4 saturated carbocycles. The number of para-hydroxylation sites is 1. The van der Waals surface area contributed by atoms with Crippen molar-refractivity contribution in [2.24, 2.45) is 22.7 Å². The molecule has 4 heteroatoms. The minimum absolute atomic E-state index is 0.0842. The van der Waals surface area contributed by atoms with E-state index < -0.39 is 5.97 Å². The molecule has 4 bridgehead atoms. The fourth-order valence-electron chi connectivity index (χ4n) is 6.84. The van der Waals surface area contributed by atoms with Crippen LogP contribution in [0, 0.1) is 17.8 Å². The summed E-state index contributed by atoms with van der Waals surface area (Å²) in [6, 6.07) is 10.5. The second kappa shape index (κ2) is 5.04. The van der Waals surface area contributed by atoms with Crippen LogP contribution in [0.5, 0.6) is 0 Å². The Bertz CT molecular complexity index is 760. The summed E-state index contributed by atoms with van der Waals surface area (Å²) in [4.78, 5) is 16.2. The van der Waals surface area contributed by atoms with E-state index in [2.05, 4.69) is 29.3 Å². The number of rotatable bonds is 3. The lowest BCUT2D eigenvalue weighted by Crippen LogP contribution is -2.70. The third kappa shape index (κ3) is 1.97. The third-order valence-electron chi connectivity index (χ3n) is 7.25. The molecule has 130 valence electrons. The molecule has 4 nitrogen and oxygen atoms in total. The molecule has 6 rings (SSSR count). The Morgan fingerprint density at radius 2 is 1.64 bits per heavy atom. The van der Waals surface area contributed by atoms with E-state index in [4.69, 9.17) is 0 Å². The van der Waals surface area contributed by atoms with E-state index in [1.54, 1.807) is 0 Å². The van der Waals surface area contributed by atoms with Crippen LogP contribution in [0.3, 0.4) is 0 Å². The van der Waals surface area contributed by atoms with Crippen LogP contribution in [-0.4, -0.2) is 22.5 Å². The molecule has 25 heavy (non-hydrogen) atoms. The van der Waals surface area contributed by atoms with Gasteiger partial charge < -0.3 is 5.11 Å². The van der Waals surface area contributed by atoms with E-state index in [0.29, 0.717) is 4.48 Å². The number of quaternary nitrogens is 1. The highest BCUT2D eigenvalue weighted by molar-refractivity contribution is 6.03. The second-order valence-corrected chi connectivity index (χ2v) is 8.68. The molecule has 0 aromatic heterocycles. The van der Waals surface area contributed by atoms with Crippen molar-refractivity contribution in [2.75, 3.05) is 0 Å². The normalized spacial score (nSPS) is 41.6. The Morgan fingerprint density at radius 1 is 1.08 bits per heavy atom. The van der Waals surface area contributed by atoms with Crippen molar-refractivity contribution in [3.05, 3.63) is 42.2 Å². The van der Waals surface area contributed by atoms with Crippen LogP contribution in [0.15, 0.2) is 47.2 Å². The summed E-state index contributed by atoms with van der Waals surface area (Å²) >= 11 is 0. The number of amidine groups is 1. The van der Waals surface area contributed by atoms with Gasteiger partial charge in [0.15, 0.2) is 0 Å². The average molecular weight is 337 g/mol. The molecule has 0 radical (unpaired) electrons. The smallest absolute Gasteiger partial charge is 0.360 e. The van der Waals surface area contributed by atoms with Gasteiger partial charge in [-0.25, -0.2) is 9.28 Å². The van der Waals surface area contributed by atoms with Crippen molar-refractivity contribution in [3.8, 4) is 0 Å². The van der Waals surface area contributed by atoms with Crippen molar-refractivity contribution in [1.29, 1.82) is 0 Å². The zero-order chi connectivity index (χ0) is 17.2. The molecule has 1 atom stereocenters. The number of benzene rings is 1. The van der Waals surface area contributed by atoms with Crippen LogP contribution in [0.1, 0.15) is 45.4 Å². The second-order valence-electron chi connectivity index (χ2n) is 8.68. The van der Waals surface area contributed by atoms with Gasteiger partial charge in [0.2, 0.25) is 11.5 Å². The number of carbonyl (C=O) groups is 1. The lowest BCUT2D eigenvalue weighted by atomic mass is 9.51. The highest BCUT2D eigenvalue weighted by atomic mass is 16.4. The molecule has 1 N–H and O–H groups in total. The number of nitrogens with zero attached hydrogens (tertiary/aromatic N) is 2. The van der Waals surface area contributed by atoms with Gasteiger partial charge in [-0.05, 0) is 37.0 Å². The van der Waals surface area contributed by atoms with Crippen LogP contribution in [0.2, 0.25) is 0 Å². The number of carboxylic acids is 1. The first-order valence-corrected chi connectivity index (χ1v) is 9.49. The lowest BCUT2D eigenvalue weighted by molar-refractivity contribution is -0.132. The van der Waals surface area contributed by atoms with Gasteiger partial charge in [-0.2, -0.15) is 4.99 Å².